The van der Waals surface area contributed by atoms with Gasteiger partial charge in [-0.2, -0.15) is 0 Å². The molecule has 0 saturated carbocycles. The predicted molar refractivity (Wildman–Crippen MR) is 51.2 cm³/mol. The highest BCUT2D eigenvalue weighted by Gasteiger charge is 2.20. The van der Waals surface area contributed by atoms with Gasteiger partial charge in [0.15, 0.2) is 0 Å². The summed E-state index contributed by atoms with van der Waals surface area (Å²) in [5.41, 5.74) is 5.53. The Balaban J connectivity index is 2.71. The summed E-state index contributed by atoms with van der Waals surface area (Å²) in [5, 5.41) is 9.82. The van der Waals surface area contributed by atoms with Crippen molar-refractivity contribution in [3.63, 3.8) is 0 Å². The number of rotatable bonds is 4. The van der Waals surface area contributed by atoms with Crippen LogP contribution in [0.5, 0.6) is 0 Å². The molecular formula is C10H17NO2. The molecule has 3 nitrogen and oxygen atoms in total. The average Bonchev–Trinajstić information content (AvgIpc) is 2.54. The van der Waals surface area contributed by atoms with Gasteiger partial charge in [0.05, 0.1) is 0 Å². The molecule has 0 aliphatic carbocycles. The molecule has 0 bridgehead atoms. The zero-order chi connectivity index (χ0) is 9.84. The molecular weight excluding hydrogens is 166 g/mol. The van der Waals surface area contributed by atoms with E-state index in [1.165, 1.54) is 0 Å². The highest BCUT2D eigenvalue weighted by Crippen LogP contribution is 2.25. The number of nitrogens with two attached hydrogens (primary N) is 1. The minimum atomic E-state index is -0.566. The van der Waals surface area contributed by atoms with Crippen molar-refractivity contribution in [3.8, 4) is 0 Å². The van der Waals surface area contributed by atoms with Crippen LogP contribution in [0.4, 0.5) is 0 Å². The van der Waals surface area contributed by atoms with Gasteiger partial charge in [0.2, 0.25) is 0 Å². The van der Waals surface area contributed by atoms with Crippen LogP contribution >= 0.6 is 0 Å². The second kappa shape index (κ2) is 4.44. The maximum absolute atomic E-state index is 9.82. The topological polar surface area (TPSA) is 59.4 Å². The number of furan rings is 1. The van der Waals surface area contributed by atoms with Crippen LogP contribution in [0.1, 0.15) is 31.0 Å². The number of hydrogen-bond donors (Lipinski definition) is 2. The summed E-state index contributed by atoms with van der Waals surface area (Å²) in [4.78, 5) is 0. The van der Waals surface area contributed by atoms with Crippen LogP contribution in [0.25, 0.3) is 0 Å². The molecule has 1 aromatic heterocycles. The van der Waals surface area contributed by atoms with Crippen molar-refractivity contribution >= 4 is 0 Å². The Morgan fingerprint density at radius 3 is 2.62 bits per heavy atom. The minimum absolute atomic E-state index is 0.0885. The van der Waals surface area contributed by atoms with Gasteiger partial charge in [-0.25, -0.2) is 0 Å². The number of aliphatic hydroxyl groups is 1. The lowest BCUT2D eigenvalue weighted by atomic mass is 9.98. The first-order chi connectivity index (χ1) is 6.19. The lowest BCUT2D eigenvalue weighted by Gasteiger charge is -2.17. The molecule has 2 unspecified atom stereocenters. The van der Waals surface area contributed by atoms with E-state index in [2.05, 4.69) is 0 Å². The molecule has 0 amide bonds. The molecule has 0 spiro atoms. The van der Waals surface area contributed by atoms with E-state index in [-0.39, 0.29) is 5.92 Å². The summed E-state index contributed by atoms with van der Waals surface area (Å²) in [6, 6.07) is 3.65. The van der Waals surface area contributed by atoms with Crippen LogP contribution in [-0.2, 0) is 0 Å². The minimum Gasteiger partial charge on any atom is -0.464 e. The van der Waals surface area contributed by atoms with E-state index < -0.39 is 6.10 Å². The number of hydrogen-bond acceptors (Lipinski definition) is 3. The fraction of sp³-hybridized carbons (Fsp3) is 0.600. The molecule has 0 saturated heterocycles. The van der Waals surface area contributed by atoms with Gasteiger partial charge < -0.3 is 15.3 Å². The second-order valence-electron chi connectivity index (χ2n) is 3.30. The normalized spacial score (nSPS) is 15.7. The molecule has 2 atom stereocenters. The monoisotopic (exact) mass is 183 g/mol. The van der Waals surface area contributed by atoms with Crippen LogP contribution in [0.2, 0.25) is 0 Å². The van der Waals surface area contributed by atoms with Gasteiger partial charge in [-0.1, -0.05) is 6.92 Å². The number of aliphatic hydroxyl groups excluding tert-OH is 1. The molecule has 0 aliphatic heterocycles. The third kappa shape index (κ3) is 2.32. The Kier molecular flexibility index (Phi) is 3.51. The van der Waals surface area contributed by atoms with Gasteiger partial charge in [-0.05, 0) is 32.0 Å². The molecule has 0 aromatic carbocycles. The molecule has 0 fully saturated rings. The van der Waals surface area contributed by atoms with Crippen molar-refractivity contribution in [2.45, 2.75) is 26.4 Å². The Morgan fingerprint density at radius 2 is 2.23 bits per heavy atom. The van der Waals surface area contributed by atoms with Gasteiger partial charge in [0, 0.05) is 5.92 Å². The maximum Gasteiger partial charge on any atom is 0.132 e. The lowest BCUT2D eigenvalue weighted by molar-refractivity contribution is 0.0865. The van der Waals surface area contributed by atoms with Crippen LogP contribution in [-0.4, -0.2) is 11.7 Å². The first-order valence-corrected chi connectivity index (χ1v) is 4.63. The highest BCUT2D eigenvalue weighted by molar-refractivity contribution is 5.08. The summed E-state index contributed by atoms with van der Waals surface area (Å²) >= 11 is 0. The van der Waals surface area contributed by atoms with Crippen molar-refractivity contribution < 1.29 is 9.52 Å². The van der Waals surface area contributed by atoms with Gasteiger partial charge >= 0.3 is 0 Å². The van der Waals surface area contributed by atoms with E-state index in [0.717, 1.165) is 12.2 Å². The lowest BCUT2D eigenvalue weighted by Crippen LogP contribution is -2.20. The Morgan fingerprint density at radius 1 is 1.54 bits per heavy atom. The second-order valence-corrected chi connectivity index (χ2v) is 3.30. The standard InChI is InChI=1S/C10H17NO2/c1-3-8(6-11)10(12)9-5-4-7(2)13-9/h4-5,8,10,12H,3,6,11H2,1-2H3. The smallest absolute Gasteiger partial charge is 0.132 e. The summed E-state index contributed by atoms with van der Waals surface area (Å²) in [6.45, 7) is 4.35. The molecule has 74 valence electrons. The third-order valence-electron chi connectivity index (χ3n) is 2.33. The van der Waals surface area contributed by atoms with Crippen LogP contribution in [0.3, 0.4) is 0 Å². The zero-order valence-electron chi connectivity index (χ0n) is 8.16. The summed E-state index contributed by atoms with van der Waals surface area (Å²) in [6.07, 6.45) is 0.293. The summed E-state index contributed by atoms with van der Waals surface area (Å²) in [7, 11) is 0. The van der Waals surface area contributed by atoms with Crippen molar-refractivity contribution in [3.05, 3.63) is 23.7 Å². The molecule has 0 aliphatic rings. The largest absolute Gasteiger partial charge is 0.464 e. The molecule has 3 N–H and O–H groups in total. The maximum atomic E-state index is 9.82. The Bertz CT molecular complexity index is 253. The molecule has 3 heteroatoms. The SMILES string of the molecule is CCC(CN)C(O)c1ccc(C)o1. The zero-order valence-corrected chi connectivity index (χ0v) is 8.16. The molecule has 1 heterocycles. The van der Waals surface area contributed by atoms with Crippen LogP contribution in [0.15, 0.2) is 16.5 Å². The summed E-state index contributed by atoms with van der Waals surface area (Å²) in [5.74, 6) is 1.53. The fourth-order valence-corrected chi connectivity index (χ4v) is 1.36. The Hall–Kier alpha value is -0.800. The van der Waals surface area contributed by atoms with Gasteiger partial charge in [-0.15, -0.1) is 0 Å². The fourth-order valence-electron chi connectivity index (χ4n) is 1.36. The van der Waals surface area contributed by atoms with Gasteiger partial charge in [-0.3, -0.25) is 0 Å². The molecule has 13 heavy (non-hydrogen) atoms. The van der Waals surface area contributed by atoms with Crippen molar-refractivity contribution in [1.29, 1.82) is 0 Å². The average molecular weight is 183 g/mol. The molecule has 1 rings (SSSR count). The van der Waals surface area contributed by atoms with Crippen LogP contribution in [0, 0.1) is 12.8 Å². The van der Waals surface area contributed by atoms with E-state index in [0.29, 0.717) is 12.3 Å². The van der Waals surface area contributed by atoms with Gasteiger partial charge in [0.1, 0.15) is 17.6 Å². The van der Waals surface area contributed by atoms with Crippen molar-refractivity contribution in [2.24, 2.45) is 11.7 Å². The first kappa shape index (κ1) is 10.3. The van der Waals surface area contributed by atoms with E-state index in [9.17, 15) is 5.11 Å². The van der Waals surface area contributed by atoms with E-state index in [4.69, 9.17) is 10.2 Å². The Labute approximate surface area is 78.5 Å². The number of aryl methyl sites for hydroxylation is 1. The van der Waals surface area contributed by atoms with Crippen molar-refractivity contribution in [2.75, 3.05) is 6.54 Å². The highest BCUT2D eigenvalue weighted by atomic mass is 16.4. The summed E-state index contributed by atoms with van der Waals surface area (Å²) < 4.78 is 5.32. The quantitative estimate of drug-likeness (QED) is 0.745. The predicted octanol–water partition coefficient (Wildman–Crippen LogP) is 1.61. The van der Waals surface area contributed by atoms with Crippen molar-refractivity contribution in [1.82, 2.24) is 0 Å². The van der Waals surface area contributed by atoms with E-state index in [1.807, 2.05) is 19.9 Å². The third-order valence-corrected chi connectivity index (χ3v) is 2.33. The molecule has 0 radical (unpaired) electrons. The van der Waals surface area contributed by atoms with Crippen LogP contribution < -0.4 is 5.73 Å². The molecule has 1 aromatic rings. The van der Waals surface area contributed by atoms with Gasteiger partial charge in [0.25, 0.3) is 0 Å². The van der Waals surface area contributed by atoms with E-state index in [1.54, 1.807) is 6.07 Å². The van der Waals surface area contributed by atoms with E-state index >= 15 is 0 Å². The first-order valence-electron chi connectivity index (χ1n) is 4.63.